The fraction of sp³-hybridized carbons (Fsp3) is 0.235. The summed E-state index contributed by atoms with van der Waals surface area (Å²) in [6.45, 7) is 0.798. The van der Waals surface area contributed by atoms with Crippen molar-refractivity contribution in [3.05, 3.63) is 63.6 Å². The molecule has 23 heavy (non-hydrogen) atoms. The summed E-state index contributed by atoms with van der Waals surface area (Å²) in [7, 11) is 1.64. The Labute approximate surface area is 145 Å². The van der Waals surface area contributed by atoms with Gasteiger partial charge in [-0.25, -0.2) is 0 Å². The second-order valence-corrected chi connectivity index (χ2v) is 5.69. The van der Waals surface area contributed by atoms with Crippen molar-refractivity contribution in [3.63, 3.8) is 0 Å². The lowest BCUT2D eigenvalue weighted by Crippen LogP contribution is -2.28. The van der Waals surface area contributed by atoms with Crippen LogP contribution < -0.4 is 10.1 Å². The SMILES string of the molecule is COCc1ccccc1CNC(=O)COc1ccc(Cl)cc1Cl. The molecule has 4 nitrogen and oxygen atoms in total. The second-order valence-electron chi connectivity index (χ2n) is 4.84. The molecule has 0 saturated heterocycles. The summed E-state index contributed by atoms with van der Waals surface area (Å²) in [5.74, 6) is 0.189. The standard InChI is InChI=1S/C17H17Cl2NO3/c1-22-10-13-5-3-2-4-12(13)9-20-17(21)11-23-16-7-6-14(18)8-15(16)19/h2-8H,9-11H2,1H3,(H,20,21). The first-order valence-corrected chi connectivity index (χ1v) is 7.76. The lowest BCUT2D eigenvalue weighted by molar-refractivity contribution is -0.123. The van der Waals surface area contributed by atoms with Gasteiger partial charge in [0.25, 0.3) is 5.91 Å². The van der Waals surface area contributed by atoms with Gasteiger partial charge in [0.15, 0.2) is 6.61 Å². The topological polar surface area (TPSA) is 47.6 Å². The molecular formula is C17H17Cl2NO3. The van der Waals surface area contributed by atoms with Crippen molar-refractivity contribution in [2.24, 2.45) is 0 Å². The van der Waals surface area contributed by atoms with Crippen molar-refractivity contribution in [2.45, 2.75) is 13.2 Å². The number of benzene rings is 2. The number of ether oxygens (including phenoxy) is 2. The van der Waals surface area contributed by atoms with Crippen LogP contribution in [0.15, 0.2) is 42.5 Å². The van der Waals surface area contributed by atoms with Crippen molar-refractivity contribution < 1.29 is 14.3 Å². The Hall–Kier alpha value is -1.75. The minimum absolute atomic E-state index is 0.117. The molecule has 0 fully saturated rings. The number of amides is 1. The highest BCUT2D eigenvalue weighted by Gasteiger charge is 2.08. The Balaban J connectivity index is 1.86. The van der Waals surface area contributed by atoms with E-state index in [-0.39, 0.29) is 12.5 Å². The molecule has 122 valence electrons. The van der Waals surface area contributed by atoms with Gasteiger partial charge in [-0.3, -0.25) is 4.79 Å². The van der Waals surface area contributed by atoms with Crippen molar-refractivity contribution in [3.8, 4) is 5.75 Å². The molecule has 2 aromatic rings. The summed E-state index contributed by atoms with van der Waals surface area (Å²) in [4.78, 5) is 11.9. The minimum atomic E-state index is -0.233. The van der Waals surface area contributed by atoms with Crippen LogP contribution in [0, 0.1) is 0 Å². The molecule has 2 aromatic carbocycles. The highest BCUT2D eigenvalue weighted by atomic mass is 35.5. The summed E-state index contributed by atoms with van der Waals surface area (Å²) in [5.41, 5.74) is 2.05. The number of hydrogen-bond acceptors (Lipinski definition) is 3. The Bertz CT molecular complexity index is 677. The van der Waals surface area contributed by atoms with Crippen molar-refractivity contribution >= 4 is 29.1 Å². The van der Waals surface area contributed by atoms with Gasteiger partial charge in [0, 0.05) is 18.7 Å². The third-order valence-electron chi connectivity index (χ3n) is 3.15. The lowest BCUT2D eigenvalue weighted by Gasteiger charge is -2.11. The average Bonchev–Trinajstić information content (AvgIpc) is 2.53. The molecule has 0 atom stereocenters. The van der Waals surface area contributed by atoms with E-state index in [0.29, 0.717) is 28.9 Å². The quantitative estimate of drug-likeness (QED) is 0.822. The summed E-state index contributed by atoms with van der Waals surface area (Å²) in [6, 6.07) is 12.6. The van der Waals surface area contributed by atoms with Gasteiger partial charge in [0.2, 0.25) is 0 Å². The Morgan fingerprint density at radius 3 is 2.57 bits per heavy atom. The third-order valence-corrected chi connectivity index (χ3v) is 3.68. The van der Waals surface area contributed by atoms with Gasteiger partial charge >= 0.3 is 0 Å². The maximum atomic E-state index is 11.9. The number of nitrogens with one attached hydrogen (secondary N) is 1. The van der Waals surface area contributed by atoms with E-state index in [2.05, 4.69) is 5.32 Å². The smallest absolute Gasteiger partial charge is 0.258 e. The molecule has 0 aromatic heterocycles. The van der Waals surface area contributed by atoms with E-state index < -0.39 is 0 Å². The summed E-state index contributed by atoms with van der Waals surface area (Å²) in [5, 5.41) is 3.70. The number of carbonyl (C=O) groups excluding carboxylic acids is 1. The van der Waals surface area contributed by atoms with E-state index in [1.54, 1.807) is 25.3 Å². The second kappa shape index (κ2) is 8.77. The largest absolute Gasteiger partial charge is 0.482 e. The van der Waals surface area contributed by atoms with Crippen LogP contribution in [0.2, 0.25) is 10.0 Å². The highest BCUT2D eigenvalue weighted by molar-refractivity contribution is 6.35. The van der Waals surface area contributed by atoms with Gasteiger partial charge in [-0.05, 0) is 29.3 Å². The number of rotatable bonds is 7. The van der Waals surface area contributed by atoms with Crippen LogP contribution in [-0.4, -0.2) is 19.6 Å². The molecule has 6 heteroatoms. The molecule has 0 heterocycles. The molecule has 0 aliphatic heterocycles. The van der Waals surface area contributed by atoms with Crippen LogP contribution in [0.3, 0.4) is 0 Å². The number of methoxy groups -OCH3 is 1. The van der Waals surface area contributed by atoms with Crippen LogP contribution >= 0.6 is 23.2 Å². The predicted octanol–water partition coefficient (Wildman–Crippen LogP) is 3.84. The van der Waals surface area contributed by atoms with Gasteiger partial charge < -0.3 is 14.8 Å². The molecular weight excluding hydrogens is 337 g/mol. The zero-order valence-electron chi connectivity index (χ0n) is 12.6. The summed E-state index contributed by atoms with van der Waals surface area (Å²) >= 11 is 11.8. The van der Waals surface area contributed by atoms with Crippen LogP contribution in [-0.2, 0) is 22.7 Å². The van der Waals surface area contributed by atoms with Gasteiger partial charge in [-0.2, -0.15) is 0 Å². The van der Waals surface area contributed by atoms with Gasteiger partial charge in [0.1, 0.15) is 5.75 Å². The minimum Gasteiger partial charge on any atom is -0.482 e. The third kappa shape index (κ3) is 5.43. The molecule has 0 saturated carbocycles. The zero-order valence-corrected chi connectivity index (χ0v) is 14.2. The van der Waals surface area contributed by atoms with Crippen LogP contribution in [0.5, 0.6) is 5.75 Å². The molecule has 0 radical (unpaired) electrons. The molecule has 0 spiro atoms. The Morgan fingerprint density at radius 1 is 1.13 bits per heavy atom. The molecule has 0 unspecified atom stereocenters. The maximum absolute atomic E-state index is 11.9. The van der Waals surface area contributed by atoms with E-state index in [4.69, 9.17) is 32.7 Å². The van der Waals surface area contributed by atoms with Gasteiger partial charge in [-0.1, -0.05) is 47.5 Å². The number of halogens is 2. The fourth-order valence-corrected chi connectivity index (χ4v) is 2.47. The van der Waals surface area contributed by atoms with E-state index >= 15 is 0 Å². The molecule has 0 bridgehead atoms. The van der Waals surface area contributed by atoms with Crippen molar-refractivity contribution in [2.75, 3.05) is 13.7 Å². The molecule has 1 amide bonds. The first-order chi connectivity index (χ1) is 11.1. The molecule has 1 N–H and O–H groups in total. The van der Waals surface area contributed by atoms with E-state index in [0.717, 1.165) is 11.1 Å². The number of carbonyl (C=O) groups is 1. The fourth-order valence-electron chi connectivity index (χ4n) is 2.01. The Morgan fingerprint density at radius 2 is 1.87 bits per heavy atom. The summed E-state index contributed by atoms with van der Waals surface area (Å²) < 4.78 is 10.5. The van der Waals surface area contributed by atoms with Crippen LogP contribution in [0.1, 0.15) is 11.1 Å². The van der Waals surface area contributed by atoms with Gasteiger partial charge in [0.05, 0.1) is 11.6 Å². The first kappa shape index (κ1) is 17.6. The van der Waals surface area contributed by atoms with Crippen LogP contribution in [0.25, 0.3) is 0 Å². The average molecular weight is 354 g/mol. The number of hydrogen-bond donors (Lipinski definition) is 1. The van der Waals surface area contributed by atoms with Crippen LogP contribution in [0.4, 0.5) is 0 Å². The predicted molar refractivity (Wildman–Crippen MR) is 91.0 cm³/mol. The van der Waals surface area contributed by atoms with E-state index in [9.17, 15) is 4.79 Å². The monoisotopic (exact) mass is 353 g/mol. The molecule has 0 aliphatic carbocycles. The highest BCUT2D eigenvalue weighted by Crippen LogP contribution is 2.27. The first-order valence-electron chi connectivity index (χ1n) is 7.00. The zero-order chi connectivity index (χ0) is 16.7. The van der Waals surface area contributed by atoms with E-state index in [1.165, 1.54) is 0 Å². The maximum Gasteiger partial charge on any atom is 0.258 e. The van der Waals surface area contributed by atoms with Gasteiger partial charge in [-0.15, -0.1) is 0 Å². The Kier molecular flexibility index (Phi) is 6.71. The summed E-state index contributed by atoms with van der Waals surface area (Å²) in [6.07, 6.45) is 0. The normalized spacial score (nSPS) is 10.4. The van der Waals surface area contributed by atoms with Crippen molar-refractivity contribution in [1.29, 1.82) is 0 Å². The van der Waals surface area contributed by atoms with Crippen molar-refractivity contribution in [1.82, 2.24) is 5.32 Å². The lowest BCUT2D eigenvalue weighted by atomic mass is 10.1. The van der Waals surface area contributed by atoms with E-state index in [1.807, 2.05) is 24.3 Å². The molecule has 2 rings (SSSR count). The molecule has 0 aliphatic rings.